The minimum Gasteiger partial charge on any atom is -0.482 e. The molecule has 0 bridgehead atoms. The summed E-state index contributed by atoms with van der Waals surface area (Å²) in [7, 11) is 0. The first kappa shape index (κ1) is 20.8. The number of ether oxygens (including phenoxy) is 1. The zero-order chi connectivity index (χ0) is 22.0. The number of ketones is 1. The number of Topliss-reactive ketones (excluding diaryl/α,β-unsaturated/α-hetero) is 1. The van der Waals surface area contributed by atoms with E-state index < -0.39 is 0 Å². The third kappa shape index (κ3) is 4.52. The molecule has 162 valence electrons. The lowest BCUT2D eigenvalue weighted by atomic mass is 10.1. The maximum absolute atomic E-state index is 13.1. The summed E-state index contributed by atoms with van der Waals surface area (Å²) < 4.78 is 18.6. The number of fused-ring (bicyclic) bond motifs is 1. The molecule has 4 rings (SSSR count). The van der Waals surface area contributed by atoms with Crippen molar-refractivity contribution in [2.45, 2.75) is 13.3 Å². The van der Waals surface area contributed by atoms with Gasteiger partial charge in [0.15, 0.2) is 12.4 Å². The van der Waals surface area contributed by atoms with Crippen molar-refractivity contribution in [2.75, 3.05) is 49.1 Å². The smallest absolute Gasteiger partial charge is 0.265 e. The van der Waals surface area contributed by atoms with Gasteiger partial charge in [0.1, 0.15) is 11.6 Å². The molecule has 0 saturated carbocycles. The van der Waals surface area contributed by atoms with Gasteiger partial charge in [0, 0.05) is 50.4 Å². The molecule has 0 spiro atoms. The molecule has 0 atom stereocenters. The van der Waals surface area contributed by atoms with Crippen LogP contribution < -0.4 is 14.5 Å². The summed E-state index contributed by atoms with van der Waals surface area (Å²) in [6.07, 6.45) is 0.187. The third-order valence-electron chi connectivity index (χ3n) is 5.68. The Morgan fingerprint density at radius 1 is 1.03 bits per heavy atom. The summed E-state index contributed by atoms with van der Waals surface area (Å²) in [5.41, 5.74) is 1.95. The van der Waals surface area contributed by atoms with E-state index in [2.05, 4.69) is 4.90 Å². The van der Waals surface area contributed by atoms with Crippen LogP contribution in [0.25, 0.3) is 0 Å². The molecular weight excluding hydrogens is 401 g/mol. The van der Waals surface area contributed by atoms with Gasteiger partial charge in [0.05, 0.1) is 5.69 Å². The molecule has 7 nitrogen and oxygen atoms in total. The van der Waals surface area contributed by atoms with Crippen LogP contribution in [0.1, 0.15) is 23.7 Å². The molecule has 2 amide bonds. The van der Waals surface area contributed by atoms with Crippen LogP contribution in [-0.2, 0) is 9.59 Å². The van der Waals surface area contributed by atoms with Crippen molar-refractivity contribution in [3.8, 4) is 5.75 Å². The number of hydrogen-bond acceptors (Lipinski definition) is 5. The highest BCUT2D eigenvalue weighted by molar-refractivity contribution is 6.01. The minimum absolute atomic E-state index is 0.0256. The molecule has 8 heteroatoms. The van der Waals surface area contributed by atoms with E-state index >= 15 is 0 Å². The van der Waals surface area contributed by atoms with Gasteiger partial charge in [-0.05, 0) is 49.4 Å². The predicted octanol–water partition coefficient (Wildman–Crippen LogP) is 2.49. The van der Waals surface area contributed by atoms with E-state index in [0.29, 0.717) is 43.2 Å². The second-order valence-corrected chi connectivity index (χ2v) is 7.67. The molecule has 2 aromatic carbocycles. The second-order valence-electron chi connectivity index (χ2n) is 7.67. The zero-order valence-electron chi connectivity index (χ0n) is 17.3. The first-order valence-electron chi connectivity index (χ1n) is 10.3. The van der Waals surface area contributed by atoms with Gasteiger partial charge < -0.3 is 19.4 Å². The van der Waals surface area contributed by atoms with Crippen LogP contribution >= 0.6 is 0 Å². The average molecular weight is 425 g/mol. The van der Waals surface area contributed by atoms with Gasteiger partial charge in [0.2, 0.25) is 5.91 Å². The van der Waals surface area contributed by atoms with E-state index in [4.69, 9.17) is 4.74 Å². The lowest BCUT2D eigenvalue weighted by Gasteiger charge is -2.36. The van der Waals surface area contributed by atoms with Crippen molar-refractivity contribution in [3.63, 3.8) is 0 Å². The van der Waals surface area contributed by atoms with Crippen LogP contribution in [0.3, 0.4) is 0 Å². The Hall–Kier alpha value is -3.42. The fourth-order valence-corrected chi connectivity index (χ4v) is 3.90. The number of nitrogens with zero attached hydrogens (tertiary/aromatic N) is 3. The largest absolute Gasteiger partial charge is 0.482 e. The van der Waals surface area contributed by atoms with Gasteiger partial charge in [0.25, 0.3) is 5.91 Å². The predicted molar refractivity (Wildman–Crippen MR) is 114 cm³/mol. The molecule has 0 aliphatic carbocycles. The van der Waals surface area contributed by atoms with Crippen LogP contribution in [-0.4, -0.2) is 61.8 Å². The van der Waals surface area contributed by atoms with Crippen molar-refractivity contribution >= 4 is 29.0 Å². The van der Waals surface area contributed by atoms with E-state index in [0.717, 1.165) is 5.69 Å². The van der Waals surface area contributed by atoms with E-state index in [9.17, 15) is 18.8 Å². The Kier molecular flexibility index (Phi) is 5.88. The molecule has 2 aliphatic rings. The first-order chi connectivity index (χ1) is 14.9. The summed E-state index contributed by atoms with van der Waals surface area (Å²) >= 11 is 0. The molecule has 1 fully saturated rings. The van der Waals surface area contributed by atoms with Gasteiger partial charge in [-0.15, -0.1) is 0 Å². The number of rotatable bonds is 5. The first-order valence-corrected chi connectivity index (χ1v) is 10.3. The normalized spacial score (nSPS) is 16.1. The van der Waals surface area contributed by atoms with Crippen LogP contribution in [0.4, 0.5) is 15.8 Å². The quantitative estimate of drug-likeness (QED) is 0.689. The number of halogens is 1. The minimum atomic E-state index is -0.271. The SMILES string of the molecule is CC(=O)c1ccc2c(c1)N(CCC(=O)N1CCN(c3ccc(F)cc3)CC1)C(=O)CO2. The molecule has 0 unspecified atom stereocenters. The number of carbonyl (C=O) groups is 3. The molecule has 1 saturated heterocycles. The van der Waals surface area contributed by atoms with E-state index in [1.807, 2.05) is 0 Å². The molecule has 2 aromatic rings. The zero-order valence-corrected chi connectivity index (χ0v) is 17.3. The Bertz CT molecular complexity index is 1000. The van der Waals surface area contributed by atoms with Gasteiger partial charge in [-0.2, -0.15) is 0 Å². The summed E-state index contributed by atoms with van der Waals surface area (Å²) in [6, 6.07) is 11.3. The van der Waals surface area contributed by atoms with E-state index in [1.54, 1.807) is 35.2 Å². The standard InChI is InChI=1S/C23H24FN3O4/c1-16(28)17-2-7-21-20(14-17)27(23(30)15-31-21)9-8-22(29)26-12-10-25(11-13-26)19-5-3-18(24)4-6-19/h2-7,14H,8-13,15H2,1H3. The Balaban J connectivity index is 1.36. The highest BCUT2D eigenvalue weighted by Crippen LogP contribution is 2.33. The maximum atomic E-state index is 13.1. The molecule has 2 aliphatic heterocycles. The fraction of sp³-hybridized carbons (Fsp3) is 0.348. The van der Waals surface area contributed by atoms with Crippen LogP contribution in [0, 0.1) is 5.82 Å². The second kappa shape index (κ2) is 8.75. The summed E-state index contributed by atoms with van der Waals surface area (Å²) in [6.45, 7) is 4.07. The highest BCUT2D eigenvalue weighted by atomic mass is 19.1. The maximum Gasteiger partial charge on any atom is 0.265 e. The summed E-state index contributed by atoms with van der Waals surface area (Å²) in [5, 5.41) is 0. The fourth-order valence-electron chi connectivity index (χ4n) is 3.90. The Morgan fingerprint density at radius 3 is 2.42 bits per heavy atom. The van der Waals surface area contributed by atoms with Gasteiger partial charge >= 0.3 is 0 Å². The number of anilines is 2. The van der Waals surface area contributed by atoms with Crippen molar-refractivity contribution in [2.24, 2.45) is 0 Å². The number of hydrogen-bond donors (Lipinski definition) is 0. The Labute approximate surface area is 180 Å². The number of carbonyl (C=O) groups excluding carboxylic acids is 3. The molecule has 0 radical (unpaired) electrons. The molecule has 2 heterocycles. The molecule has 0 N–H and O–H groups in total. The van der Waals surface area contributed by atoms with Crippen molar-refractivity contribution in [3.05, 3.63) is 53.8 Å². The summed E-state index contributed by atoms with van der Waals surface area (Å²) in [4.78, 5) is 42.3. The molecule has 0 aromatic heterocycles. The van der Waals surface area contributed by atoms with Gasteiger partial charge in [-0.3, -0.25) is 14.4 Å². The van der Waals surface area contributed by atoms with Crippen LogP contribution in [0.15, 0.2) is 42.5 Å². The van der Waals surface area contributed by atoms with Gasteiger partial charge in [-0.25, -0.2) is 4.39 Å². The highest BCUT2D eigenvalue weighted by Gasteiger charge is 2.28. The van der Waals surface area contributed by atoms with Crippen molar-refractivity contribution in [1.82, 2.24) is 4.90 Å². The van der Waals surface area contributed by atoms with E-state index in [1.165, 1.54) is 24.0 Å². The average Bonchev–Trinajstić information content (AvgIpc) is 2.78. The number of benzene rings is 2. The lowest BCUT2D eigenvalue weighted by Crippen LogP contribution is -2.49. The van der Waals surface area contributed by atoms with Crippen LogP contribution in [0.2, 0.25) is 0 Å². The van der Waals surface area contributed by atoms with Crippen molar-refractivity contribution in [1.29, 1.82) is 0 Å². The Morgan fingerprint density at radius 2 is 1.74 bits per heavy atom. The summed E-state index contributed by atoms with van der Waals surface area (Å²) in [5.74, 6) is -0.0995. The number of amides is 2. The van der Waals surface area contributed by atoms with Crippen LogP contribution in [0.5, 0.6) is 5.75 Å². The lowest BCUT2D eigenvalue weighted by molar-refractivity contribution is -0.131. The molecular formula is C23H24FN3O4. The van der Waals surface area contributed by atoms with Crippen molar-refractivity contribution < 1.29 is 23.5 Å². The molecule has 31 heavy (non-hydrogen) atoms. The third-order valence-corrected chi connectivity index (χ3v) is 5.68. The van der Waals surface area contributed by atoms with Gasteiger partial charge in [-0.1, -0.05) is 0 Å². The topological polar surface area (TPSA) is 70.2 Å². The monoisotopic (exact) mass is 425 g/mol. The van der Waals surface area contributed by atoms with E-state index in [-0.39, 0.29) is 43.0 Å². The number of piperazine rings is 1.